The van der Waals surface area contributed by atoms with Crippen molar-refractivity contribution in [1.29, 1.82) is 0 Å². The summed E-state index contributed by atoms with van der Waals surface area (Å²) in [7, 11) is -3.55. The van der Waals surface area contributed by atoms with Gasteiger partial charge in [0.2, 0.25) is 0 Å². The molecule has 1 aliphatic rings. The minimum Gasteiger partial charge on any atom is -0.462 e. The van der Waals surface area contributed by atoms with Crippen molar-refractivity contribution in [1.82, 2.24) is 9.62 Å². The van der Waals surface area contributed by atoms with Crippen LogP contribution in [0.2, 0.25) is 0 Å². The van der Waals surface area contributed by atoms with Crippen LogP contribution in [0.1, 0.15) is 17.3 Å². The molecule has 2 N–H and O–H groups in total. The van der Waals surface area contributed by atoms with Crippen molar-refractivity contribution in [3.05, 3.63) is 29.8 Å². The van der Waals surface area contributed by atoms with E-state index in [4.69, 9.17) is 4.74 Å². The normalized spacial score (nSPS) is 16.4. The predicted octanol–water partition coefficient (Wildman–Crippen LogP) is 0.425. The molecule has 7 nitrogen and oxygen atoms in total. The summed E-state index contributed by atoms with van der Waals surface area (Å²) in [5, 5.41) is 3.10. The van der Waals surface area contributed by atoms with Crippen molar-refractivity contribution in [3.8, 4) is 0 Å². The highest BCUT2D eigenvalue weighted by molar-refractivity contribution is 7.90. The molecule has 8 heteroatoms. The zero-order valence-electron chi connectivity index (χ0n) is 11.8. The maximum atomic E-state index is 12.2. The molecule has 0 spiro atoms. The first-order valence-electron chi connectivity index (χ1n) is 6.78. The van der Waals surface area contributed by atoms with Gasteiger partial charge in [-0.15, -0.1) is 0 Å². The lowest BCUT2D eigenvalue weighted by Gasteiger charge is -2.26. The Balaban J connectivity index is 2.04. The molecule has 0 amide bonds. The third-order valence-corrected chi connectivity index (χ3v) is 4.60. The summed E-state index contributed by atoms with van der Waals surface area (Å²) in [4.78, 5) is 11.5. The number of nitrogens with one attached hydrogen (secondary N) is 2. The fourth-order valence-electron chi connectivity index (χ4n) is 1.99. The second kappa shape index (κ2) is 6.88. The number of esters is 1. The van der Waals surface area contributed by atoms with Gasteiger partial charge in [-0.2, -0.15) is 12.7 Å². The van der Waals surface area contributed by atoms with Crippen molar-refractivity contribution in [2.45, 2.75) is 6.92 Å². The van der Waals surface area contributed by atoms with Gasteiger partial charge in [-0.1, -0.05) is 0 Å². The maximum Gasteiger partial charge on any atom is 0.338 e. The van der Waals surface area contributed by atoms with Crippen LogP contribution in [0.3, 0.4) is 0 Å². The van der Waals surface area contributed by atoms with E-state index in [-0.39, 0.29) is 0 Å². The Morgan fingerprint density at radius 3 is 2.48 bits per heavy atom. The van der Waals surface area contributed by atoms with Crippen LogP contribution in [0.25, 0.3) is 0 Å². The molecule has 0 radical (unpaired) electrons. The highest BCUT2D eigenvalue weighted by Crippen LogP contribution is 2.14. The van der Waals surface area contributed by atoms with Crippen LogP contribution in [0.15, 0.2) is 24.3 Å². The number of hydrogen-bond donors (Lipinski definition) is 2. The fraction of sp³-hybridized carbons (Fsp3) is 0.462. The number of benzene rings is 1. The Hall–Kier alpha value is -1.64. The average Bonchev–Trinajstić information content (AvgIpc) is 2.49. The standard InChI is InChI=1S/C13H19N3O4S/c1-2-20-13(17)11-3-5-12(6-4-11)15-21(18,19)16-9-7-14-8-10-16/h3-6,14-15H,2,7-10H2,1H3. The van der Waals surface area contributed by atoms with Gasteiger partial charge in [0.1, 0.15) is 0 Å². The molecule has 0 aromatic heterocycles. The molecular weight excluding hydrogens is 294 g/mol. The molecular formula is C13H19N3O4S. The zero-order valence-corrected chi connectivity index (χ0v) is 12.6. The Morgan fingerprint density at radius 2 is 1.90 bits per heavy atom. The molecule has 1 aliphatic heterocycles. The van der Waals surface area contributed by atoms with Crippen LogP contribution in [-0.4, -0.2) is 51.5 Å². The summed E-state index contributed by atoms with van der Waals surface area (Å²) in [5.41, 5.74) is 0.809. The molecule has 21 heavy (non-hydrogen) atoms. The predicted molar refractivity (Wildman–Crippen MR) is 79.4 cm³/mol. The number of ether oxygens (including phenoxy) is 1. The van der Waals surface area contributed by atoms with Crippen LogP contribution in [0.5, 0.6) is 0 Å². The second-order valence-electron chi connectivity index (χ2n) is 4.55. The molecule has 116 valence electrons. The Labute approximate surface area is 124 Å². The van der Waals surface area contributed by atoms with Crippen LogP contribution in [0, 0.1) is 0 Å². The summed E-state index contributed by atoms with van der Waals surface area (Å²) in [6, 6.07) is 6.17. The Bertz CT molecular complexity index is 580. The van der Waals surface area contributed by atoms with Gasteiger partial charge in [-0.05, 0) is 31.2 Å². The molecule has 2 rings (SSSR count). The van der Waals surface area contributed by atoms with Gasteiger partial charge in [0, 0.05) is 31.9 Å². The topological polar surface area (TPSA) is 87.7 Å². The Morgan fingerprint density at radius 1 is 1.29 bits per heavy atom. The summed E-state index contributed by atoms with van der Waals surface area (Å²) < 4.78 is 33.1. The van der Waals surface area contributed by atoms with Gasteiger partial charge >= 0.3 is 16.2 Å². The van der Waals surface area contributed by atoms with E-state index in [0.717, 1.165) is 0 Å². The second-order valence-corrected chi connectivity index (χ2v) is 6.22. The van der Waals surface area contributed by atoms with Gasteiger partial charge in [0.15, 0.2) is 0 Å². The first-order valence-corrected chi connectivity index (χ1v) is 8.23. The van der Waals surface area contributed by atoms with E-state index in [2.05, 4.69) is 10.0 Å². The lowest BCUT2D eigenvalue weighted by molar-refractivity contribution is 0.0526. The highest BCUT2D eigenvalue weighted by atomic mass is 32.2. The summed E-state index contributed by atoms with van der Waals surface area (Å²) in [6.07, 6.45) is 0. The largest absolute Gasteiger partial charge is 0.462 e. The van der Waals surface area contributed by atoms with Crippen LogP contribution < -0.4 is 10.0 Å². The molecule has 1 aromatic carbocycles. The number of nitrogens with zero attached hydrogens (tertiary/aromatic N) is 1. The van der Waals surface area contributed by atoms with Crippen molar-refractivity contribution >= 4 is 21.9 Å². The fourth-order valence-corrected chi connectivity index (χ4v) is 3.21. The monoisotopic (exact) mass is 313 g/mol. The van der Waals surface area contributed by atoms with Crippen molar-refractivity contribution in [2.24, 2.45) is 0 Å². The maximum absolute atomic E-state index is 12.2. The molecule has 1 aromatic rings. The first kappa shape index (κ1) is 15.7. The molecule has 0 bridgehead atoms. The lowest BCUT2D eigenvalue weighted by atomic mass is 10.2. The van der Waals surface area contributed by atoms with E-state index in [1.165, 1.54) is 16.4 Å². The third kappa shape index (κ3) is 4.16. The average molecular weight is 313 g/mol. The third-order valence-electron chi connectivity index (χ3n) is 3.06. The van der Waals surface area contributed by atoms with Crippen molar-refractivity contribution < 1.29 is 17.9 Å². The number of carbonyl (C=O) groups excluding carboxylic acids is 1. The van der Waals surface area contributed by atoms with Crippen molar-refractivity contribution in [3.63, 3.8) is 0 Å². The SMILES string of the molecule is CCOC(=O)c1ccc(NS(=O)(=O)N2CCNCC2)cc1. The van der Waals surface area contributed by atoms with E-state index in [1.807, 2.05) is 0 Å². The summed E-state index contributed by atoms with van der Waals surface area (Å²) in [6.45, 7) is 4.20. The Kier molecular flexibility index (Phi) is 5.16. The zero-order chi connectivity index (χ0) is 15.3. The molecule has 0 unspecified atom stereocenters. The number of piperazine rings is 1. The smallest absolute Gasteiger partial charge is 0.338 e. The van der Waals surface area contributed by atoms with Gasteiger partial charge < -0.3 is 10.1 Å². The number of carbonyl (C=O) groups is 1. The number of anilines is 1. The molecule has 0 aliphatic carbocycles. The summed E-state index contributed by atoms with van der Waals surface area (Å²) >= 11 is 0. The van der Waals surface area contributed by atoms with Crippen LogP contribution in [-0.2, 0) is 14.9 Å². The molecule has 1 fully saturated rings. The van der Waals surface area contributed by atoms with Crippen LogP contribution >= 0.6 is 0 Å². The highest BCUT2D eigenvalue weighted by Gasteiger charge is 2.23. The van der Waals surface area contributed by atoms with E-state index in [0.29, 0.717) is 44.0 Å². The van der Waals surface area contributed by atoms with Gasteiger partial charge in [0.25, 0.3) is 0 Å². The molecule has 1 saturated heterocycles. The van der Waals surface area contributed by atoms with Crippen molar-refractivity contribution in [2.75, 3.05) is 37.5 Å². The quantitative estimate of drug-likeness (QED) is 0.770. The van der Waals surface area contributed by atoms with Crippen LogP contribution in [0.4, 0.5) is 5.69 Å². The lowest BCUT2D eigenvalue weighted by Crippen LogP contribution is -2.48. The minimum absolute atomic E-state index is 0.302. The van der Waals surface area contributed by atoms with Gasteiger partial charge in [-0.3, -0.25) is 4.72 Å². The molecule has 0 atom stereocenters. The minimum atomic E-state index is -3.55. The van der Waals surface area contributed by atoms with E-state index in [9.17, 15) is 13.2 Å². The molecule has 1 heterocycles. The summed E-state index contributed by atoms with van der Waals surface area (Å²) in [5.74, 6) is -0.422. The van der Waals surface area contributed by atoms with E-state index >= 15 is 0 Å². The molecule has 0 saturated carbocycles. The first-order chi connectivity index (χ1) is 10.0. The van der Waals surface area contributed by atoms with Gasteiger partial charge in [-0.25, -0.2) is 4.79 Å². The number of hydrogen-bond acceptors (Lipinski definition) is 5. The van der Waals surface area contributed by atoms with Gasteiger partial charge in [0.05, 0.1) is 12.2 Å². The number of rotatable bonds is 5. The van der Waals surface area contributed by atoms with E-state index in [1.54, 1.807) is 19.1 Å². The van der Waals surface area contributed by atoms with E-state index < -0.39 is 16.2 Å².